The van der Waals surface area contributed by atoms with E-state index in [0.29, 0.717) is 0 Å². The van der Waals surface area contributed by atoms with E-state index < -0.39 is 0 Å². The summed E-state index contributed by atoms with van der Waals surface area (Å²) in [6.45, 7) is 1.82. The molecule has 2 nitrogen and oxygen atoms in total. The summed E-state index contributed by atoms with van der Waals surface area (Å²) in [4.78, 5) is 0. The first-order valence-electron chi connectivity index (χ1n) is 7.05. The van der Waals surface area contributed by atoms with Crippen LogP contribution in [0.4, 0.5) is 0 Å². The minimum atomic E-state index is -0.0187. The summed E-state index contributed by atoms with van der Waals surface area (Å²) in [5, 5.41) is 12.6. The van der Waals surface area contributed by atoms with Crippen molar-refractivity contribution in [2.45, 2.75) is 38.0 Å². The maximum atomic E-state index is 9.20. The molecule has 0 saturated heterocycles. The van der Waals surface area contributed by atoms with E-state index in [1.165, 1.54) is 32.1 Å². The van der Waals surface area contributed by atoms with Crippen molar-refractivity contribution >= 4 is 0 Å². The molecule has 0 bridgehead atoms. The Morgan fingerprint density at radius 3 is 2.61 bits per heavy atom. The zero-order chi connectivity index (χ0) is 12.6. The summed E-state index contributed by atoms with van der Waals surface area (Å²) in [6.07, 6.45) is 6.90. The van der Waals surface area contributed by atoms with E-state index in [1.54, 1.807) is 0 Å². The van der Waals surface area contributed by atoms with Crippen molar-refractivity contribution in [1.29, 1.82) is 5.26 Å². The minimum absolute atomic E-state index is 0.0187. The van der Waals surface area contributed by atoms with Crippen LogP contribution in [0.5, 0.6) is 0 Å². The van der Waals surface area contributed by atoms with Crippen molar-refractivity contribution in [2.24, 2.45) is 5.92 Å². The smallest absolute Gasteiger partial charge is 0.0837 e. The molecule has 0 aliphatic heterocycles. The minimum Gasteiger partial charge on any atom is -0.315 e. The number of nitriles is 1. The van der Waals surface area contributed by atoms with Crippen LogP contribution in [0.15, 0.2) is 30.3 Å². The molecule has 0 aromatic heterocycles. The molecule has 2 rings (SSSR count). The third-order valence-corrected chi connectivity index (χ3v) is 3.91. The molecule has 1 aliphatic rings. The Morgan fingerprint density at radius 2 is 1.94 bits per heavy atom. The molecule has 1 saturated carbocycles. The Kier molecular flexibility index (Phi) is 5.23. The second-order valence-electron chi connectivity index (χ2n) is 5.24. The fourth-order valence-electron chi connectivity index (χ4n) is 2.78. The average Bonchev–Trinajstić information content (AvgIpc) is 2.93. The predicted molar refractivity (Wildman–Crippen MR) is 74.2 cm³/mol. The average molecular weight is 242 g/mol. The highest BCUT2D eigenvalue weighted by Gasteiger charge is 2.14. The maximum Gasteiger partial charge on any atom is 0.0837 e. The lowest BCUT2D eigenvalue weighted by Gasteiger charge is -2.13. The van der Waals surface area contributed by atoms with Crippen LogP contribution < -0.4 is 5.32 Å². The molecular formula is C16H22N2. The van der Waals surface area contributed by atoms with Gasteiger partial charge in [0.15, 0.2) is 0 Å². The molecule has 0 amide bonds. The molecule has 0 radical (unpaired) electrons. The zero-order valence-corrected chi connectivity index (χ0v) is 10.9. The Labute approximate surface area is 110 Å². The lowest BCUT2D eigenvalue weighted by molar-refractivity contribution is 0.475. The van der Waals surface area contributed by atoms with Crippen LogP contribution in [0.1, 0.15) is 43.6 Å². The van der Waals surface area contributed by atoms with Gasteiger partial charge in [-0.25, -0.2) is 0 Å². The first-order valence-corrected chi connectivity index (χ1v) is 7.05. The van der Waals surface area contributed by atoms with Crippen LogP contribution in [-0.4, -0.2) is 13.1 Å². The summed E-state index contributed by atoms with van der Waals surface area (Å²) in [7, 11) is 0. The Morgan fingerprint density at radius 1 is 1.22 bits per heavy atom. The molecule has 0 heterocycles. The van der Waals surface area contributed by atoms with Gasteiger partial charge in [-0.05, 0) is 24.4 Å². The SMILES string of the molecule is N#CC(CNCCC1CCCC1)c1ccccc1. The van der Waals surface area contributed by atoms with Gasteiger partial charge in [0.1, 0.15) is 0 Å². The highest BCUT2D eigenvalue weighted by molar-refractivity contribution is 5.24. The lowest BCUT2D eigenvalue weighted by Crippen LogP contribution is -2.23. The summed E-state index contributed by atoms with van der Waals surface area (Å²) >= 11 is 0. The highest BCUT2D eigenvalue weighted by Crippen LogP contribution is 2.26. The van der Waals surface area contributed by atoms with E-state index in [2.05, 4.69) is 11.4 Å². The Hall–Kier alpha value is -1.33. The quantitative estimate of drug-likeness (QED) is 0.775. The molecule has 2 heteroatoms. The number of benzene rings is 1. The van der Waals surface area contributed by atoms with Gasteiger partial charge in [-0.1, -0.05) is 56.0 Å². The van der Waals surface area contributed by atoms with Crippen LogP contribution in [0.3, 0.4) is 0 Å². The molecule has 1 unspecified atom stereocenters. The van der Waals surface area contributed by atoms with E-state index >= 15 is 0 Å². The standard InChI is InChI=1S/C16H22N2/c17-12-16(15-8-2-1-3-9-15)13-18-11-10-14-6-4-5-7-14/h1-3,8-9,14,16,18H,4-7,10-11,13H2. The summed E-state index contributed by atoms with van der Waals surface area (Å²) in [6, 6.07) is 12.4. The predicted octanol–water partition coefficient (Wildman–Crippen LogP) is 3.46. The number of rotatable bonds is 6. The van der Waals surface area contributed by atoms with E-state index in [-0.39, 0.29) is 5.92 Å². The zero-order valence-electron chi connectivity index (χ0n) is 10.9. The van der Waals surface area contributed by atoms with Crippen molar-refractivity contribution in [3.63, 3.8) is 0 Å². The van der Waals surface area contributed by atoms with Crippen molar-refractivity contribution < 1.29 is 0 Å². The first-order chi connectivity index (χ1) is 8.90. The fraction of sp³-hybridized carbons (Fsp3) is 0.562. The van der Waals surface area contributed by atoms with Gasteiger partial charge in [0.2, 0.25) is 0 Å². The highest BCUT2D eigenvalue weighted by atomic mass is 14.9. The molecule has 18 heavy (non-hydrogen) atoms. The fourth-order valence-corrected chi connectivity index (χ4v) is 2.78. The Balaban J connectivity index is 1.69. The van der Waals surface area contributed by atoms with Crippen LogP contribution in [0.25, 0.3) is 0 Å². The van der Waals surface area contributed by atoms with E-state index in [1.807, 2.05) is 30.3 Å². The van der Waals surface area contributed by atoms with Crippen molar-refractivity contribution in [1.82, 2.24) is 5.32 Å². The molecule has 0 spiro atoms. The number of nitrogens with zero attached hydrogens (tertiary/aromatic N) is 1. The van der Waals surface area contributed by atoms with Crippen LogP contribution in [0.2, 0.25) is 0 Å². The monoisotopic (exact) mass is 242 g/mol. The van der Waals surface area contributed by atoms with E-state index in [0.717, 1.165) is 24.6 Å². The molecule has 1 N–H and O–H groups in total. The normalized spacial score (nSPS) is 17.5. The summed E-state index contributed by atoms with van der Waals surface area (Å²) in [5.41, 5.74) is 1.12. The van der Waals surface area contributed by atoms with Gasteiger partial charge in [-0.15, -0.1) is 0 Å². The second-order valence-corrected chi connectivity index (χ2v) is 5.24. The van der Waals surface area contributed by atoms with Crippen LogP contribution >= 0.6 is 0 Å². The van der Waals surface area contributed by atoms with Crippen LogP contribution in [0, 0.1) is 17.2 Å². The molecule has 1 aromatic rings. The third kappa shape index (κ3) is 3.85. The van der Waals surface area contributed by atoms with E-state index in [4.69, 9.17) is 0 Å². The molecule has 1 aromatic carbocycles. The first kappa shape index (κ1) is 13.1. The molecular weight excluding hydrogens is 220 g/mol. The van der Waals surface area contributed by atoms with Crippen molar-refractivity contribution in [3.05, 3.63) is 35.9 Å². The Bertz CT molecular complexity index is 374. The molecule has 1 aliphatic carbocycles. The van der Waals surface area contributed by atoms with Crippen molar-refractivity contribution in [3.8, 4) is 6.07 Å². The van der Waals surface area contributed by atoms with Gasteiger partial charge in [0.25, 0.3) is 0 Å². The topological polar surface area (TPSA) is 35.8 Å². The summed E-state index contributed by atoms with van der Waals surface area (Å²) in [5.74, 6) is 0.907. The van der Waals surface area contributed by atoms with Gasteiger partial charge < -0.3 is 5.32 Å². The van der Waals surface area contributed by atoms with E-state index in [9.17, 15) is 5.26 Å². The number of hydrogen-bond donors (Lipinski definition) is 1. The maximum absolute atomic E-state index is 9.20. The molecule has 96 valence electrons. The molecule has 1 atom stereocenters. The van der Waals surface area contributed by atoms with Crippen molar-refractivity contribution in [2.75, 3.05) is 13.1 Å². The molecule has 1 fully saturated rings. The summed E-state index contributed by atoms with van der Waals surface area (Å²) < 4.78 is 0. The van der Waals surface area contributed by atoms with Gasteiger partial charge in [-0.3, -0.25) is 0 Å². The van der Waals surface area contributed by atoms with Gasteiger partial charge in [0, 0.05) is 6.54 Å². The van der Waals surface area contributed by atoms with Gasteiger partial charge >= 0.3 is 0 Å². The van der Waals surface area contributed by atoms with Gasteiger partial charge in [-0.2, -0.15) is 5.26 Å². The number of nitrogens with one attached hydrogen (secondary N) is 1. The van der Waals surface area contributed by atoms with Crippen LogP contribution in [-0.2, 0) is 0 Å². The second kappa shape index (κ2) is 7.18. The number of hydrogen-bond acceptors (Lipinski definition) is 2. The lowest BCUT2D eigenvalue weighted by atomic mass is 10.0. The van der Waals surface area contributed by atoms with Gasteiger partial charge in [0.05, 0.1) is 12.0 Å². The third-order valence-electron chi connectivity index (χ3n) is 3.91. The largest absolute Gasteiger partial charge is 0.315 e.